The molecule has 96 valence electrons. The molecule has 0 amide bonds. The molecule has 1 rings (SSSR count). The summed E-state index contributed by atoms with van der Waals surface area (Å²) in [7, 11) is 1.45. The number of esters is 1. The fourth-order valence-electron chi connectivity index (χ4n) is 2.13. The molecule has 0 aromatic rings. The van der Waals surface area contributed by atoms with Gasteiger partial charge in [-0.1, -0.05) is 0 Å². The van der Waals surface area contributed by atoms with Gasteiger partial charge < -0.3 is 15.4 Å². The SMILES string of the molecule is COC(=O)[C@H]1CCCN(CC(C)(C)N)C1.Cl. The highest BCUT2D eigenvalue weighted by atomic mass is 35.5. The molecule has 1 saturated heterocycles. The lowest BCUT2D eigenvalue weighted by molar-refractivity contribution is -0.147. The zero-order chi connectivity index (χ0) is 11.5. The summed E-state index contributed by atoms with van der Waals surface area (Å²) in [4.78, 5) is 13.7. The van der Waals surface area contributed by atoms with Crippen LogP contribution in [0.3, 0.4) is 0 Å². The van der Waals surface area contributed by atoms with Gasteiger partial charge >= 0.3 is 5.97 Å². The predicted molar refractivity (Wildman–Crippen MR) is 66.7 cm³/mol. The Hall–Kier alpha value is -0.320. The summed E-state index contributed by atoms with van der Waals surface area (Å²) < 4.78 is 4.77. The monoisotopic (exact) mass is 250 g/mol. The van der Waals surface area contributed by atoms with Gasteiger partial charge in [-0.05, 0) is 33.2 Å². The number of halogens is 1. The van der Waals surface area contributed by atoms with E-state index in [-0.39, 0.29) is 29.8 Å². The molecule has 0 spiro atoms. The Balaban J connectivity index is 0.00000225. The summed E-state index contributed by atoms with van der Waals surface area (Å²) in [6.45, 7) is 6.67. The fraction of sp³-hybridized carbons (Fsp3) is 0.909. The molecule has 0 saturated carbocycles. The number of hydrogen-bond donors (Lipinski definition) is 1. The van der Waals surface area contributed by atoms with Gasteiger partial charge in [-0.3, -0.25) is 4.79 Å². The molecule has 0 radical (unpaired) electrons. The van der Waals surface area contributed by atoms with E-state index >= 15 is 0 Å². The Morgan fingerprint density at radius 3 is 2.69 bits per heavy atom. The van der Waals surface area contributed by atoms with Crippen LogP contribution in [0, 0.1) is 5.92 Å². The lowest BCUT2D eigenvalue weighted by atomic mass is 9.96. The number of nitrogens with two attached hydrogens (primary N) is 1. The Morgan fingerprint density at radius 1 is 1.56 bits per heavy atom. The minimum Gasteiger partial charge on any atom is -0.469 e. The van der Waals surface area contributed by atoms with Crippen molar-refractivity contribution < 1.29 is 9.53 Å². The first-order chi connectivity index (χ1) is 6.92. The standard InChI is InChI=1S/C11H22N2O2.ClH/c1-11(2,12)8-13-6-4-5-9(7-13)10(14)15-3;/h9H,4-8,12H2,1-3H3;1H/t9-;/m0./s1. The lowest BCUT2D eigenvalue weighted by Gasteiger charge is -2.35. The summed E-state index contributed by atoms with van der Waals surface area (Å²) in [5, 5.41) is 0. The molecular formula is C11H23ClN2O2. The molecule has 0 aromatic carbocycles. The van der Waals surface area contributed by atoms with E-state index in [9.17, 15) is 4.79 Å². The van der Waals surface area contributed by atoms with Crippen LogP contribution in [-0.2, 0) is 9.53 Å². The Kier molecular flexibility index (Phi) is 6.30. The number of carbonyl (C=O) groups excluding carboxylic acids is 1. The molecule has 0 aliphatic carbocycles. The summed E-state index contributed by atoms with van der Waals surface area (Å²) in [6.07, 6.45) is 1.99. The highest BCUT2D eigenvalue weighted by Crippen LogP contribution is 2.18. The molecule has 1 aliphatic heterocycles. The van der Waals surface area contributed by atoms with Crippen LogP contribution >= 0.6 is 12.4 Å². The molecular weight excluding hydrogens is 228 g/mol. The Morgan fingerprint density at radius 2 is 2.19 bits per heavy atom. The van der Waals surface area contributed by atoms with Gasteiger partial charge in [-0.2, -0.15) is 0 Å². The van der Waals surface area contributed by atoms with Crippen LogP contribution in [0.15, 0.2) is 0 Å². The Labute approximate surface area is 104 Å². The van der Waals surface area contributed by atoms with Crippen molar-refractivity contribution in [1.82, 2.24) is 4.90 Å². The predicted octanol–water partition coefficient (Wildman–Crippen LogP) is 1.03. The quantitative estimate of drug-likeness (QED) is 0.761. The molecule has 5 heteroatoms. The first-order valence-corrected chi connectivity index (χ1v) is 5.51. The molecule has 1 heterocycles. The van der Waals surface area contributed by atoms with Crippen molar-refractivity contribution in [2.75, 3.05) is 26.7 Å². The van der Waals surface area contributed by atoms with Crippen molar-refractivity contribution in [2.24, 2.45) is 11.7 Å². The lowest BCUT2D eigenvalue weighted by Crippen LogP contribution is -2.49. The zero-order valence-corrected chi connectivity index (χ0v) is 11.2. The van der Waals surface area contributed by atoms with E-state index in [0.717, 1.165) is 32.5 Å². The second-order valence-corrected chi connectivity index (χ2v) is 5.09. The number of piperidine rings is 1. The topological polar surface area (TPSA) is 55.6 Å². The smallest absolute Gasteiger partial charge is 0.309 e. The van der Waals surface area contributed by atoms with Crippen LogP contribution in [0.4, 0.5) is 0 Å². The molecule has 1 aliphatic rings. The molecule has 0 bridgehead atoms. The van der Waals surface area contributed by atoms with Crippen LogP contribution in [-0.4, -0.2) is 43.2 Å². The van der Waals surface area contributed by atoms with Crippen LogP contribution < -0.4 is 5.73 Å². The van der Waals surface area contributed by atoms with Gasteiger partial charge in [0.2, 0.25) is 0 Å². The number of methoxy groups -OCH3 is 1. The average Bonchev–Trinajstić information content (AvgIpc) is 2.14. The van der Waals surface area contributed by atoms with Crippen LogP contribution in [0.25, 0.3) is 0 Å². The van der Waals surface area contributed by atoms with Crippen molar-refractivity contribution >= 4 is 18.4 Å². The van der Waals surface area contributed by atoms with Crippen molar-refractivity contribution in [3.05, 3.63) is 0 Å². The summed E-state index contributed by atoms with van der Waals surface area (Å²) in [5.74, 6) is -0.0550. The van der Waals surface area contributed by atoms with Crippen LogP contribution in [0.1, 0.15) is 26.7 Å². The summed E-state index contributed by atoms with van der Waals surface area (Å²) in [5.41, 5.74) is 5.77. The number of carbonyl (C=O) groups is 1. The Bertz CT molecular complexity index is 229. The maximum Gasteiger partial charge on any atom is 0.309 e. The van der Waals surface area contributed by atoms with E-state index in [2.05, 4.69) is 4.90 Å². The highest BCUT2D eigenvalue weighted by Gasteiger charge is 2.28. The number of nitrogens with zero attached hydrogens (tertiary/aromatic N) is 1. The number of hydrogen-bond acceptors (Lipinski definition) is 4. The van der Waals surface area contributed by atoms with E-state index in [1.165, 1.54) is 7.11 Å². The van der Waals surface area contributed by atoms with Gasteiger partial charge in [-0.25, -0.2) is 0 Å². The van der Waals surface area contributed by atoms with Gasteiger partial charge in [0.15, 0.2) is 0 Å². The maximum atomic E-state index is 11.4. The first kappa shape index (κ1) is 15.7. The first-order valence-electron chi connectivity index (χ1n) is 5.51. The molecule has 16 heavy (non-hydrogen) atoms. The van der Waals surface area contributed by atoms with Crippen molar-refractivity contribution in [3.63, 3.8) is 0 Å². The maximum absolute atomic E-state index is 11.4. The van der Waals surface area contributed by atoms with Gasteiger partial charge in [0.1, 0.15) is 0 Å². The second kappa shape index (κ2) is 6.42. The van der Waals surface area contributed by atoms with Crippen LogP contribution in [0.5, 0.6) is 0 Å². The zero-order valence-electron chi connectivity index (χ0n) is 10.4. The van der Waals surface area contributed by atoms with E-state index in [4.69, 9.17) is 10.5 Å². The van der Waals surface area contributed by atoms with E-state index in [1.807, 2.05) is 13.8 Å². The van der Waals surface area contributed by atoms with Gasteiger partial charge in [0, 0.05) is 18.6 Å². The second-order valence-electron chi connectivity index (χ2n) is 5.09. The normalized spacial score (nSPS) is 22.4. The molecule has 1 atom stereocenters. The minimum absolute atomic E-state index is 0. The highest BCUT2D eigenvalue weighted by molar-refractivity contribution is 5.85. The molecule has 0 unspecified atom stereocenters. The van der Waals surface area contributed by atoms with Crippen molar-refractivity contribution in [2.45, 2.75) is 32.2 Å². The number of likely N-dealkylation sites (tertiary alicyclic amines) is 1. The van der Waals surface area contributed by atoms with Crippen LogP contribution in [0.2, 0.25) is 0 Å². The van der Waals surface area contributed by atoms with Gasteiger partial charge in [0.05, 0.1) is 13.0 Å². The molecule has 0 aromatic heterocycles. The van der Waals surface area contributed by atoms with Gasteiger partial charge in [-0.15, -0.1) is 12.4 Å². The fourth-order valence-corrected chi connectivity index (χ4v) is 2.13. The third kappa shape index (κ3) is 5.14. The average molecular weight is 251 g/mol. The molecule has 2 N–H and O–H groups in total. The third-order valence-electron chi connectivity index (χ3n) is 2.67. The van der Waals surface area contributed by atoms with Gasteiger partial charge in [0.25, 0.3) is 0 Å². The minimum atomic E-state index is -0.196. The largest absolute Gasteiger partial charge is 0.469 e. The van der Waals surface area contributed by atoms with Crippen molar-refractivity contribution in [3.8, 4) is 0 Å². The molecule has 4 nitrogen and oxygen atoms in total. The third-order valence-corrected chi connectivity index (χ3v) is 2.67. The summed E-state index contributed by atoms with van der Waals surface area (Å²) in [6, 6.07) is 0. The van der Waals surface area contributed by atoms with E-state index in [1.54, 1.807) is 0 Å². The van der Waals surface area contributed by atoms with E-state index in [0.29, 0.717) is 0 Å². The number of rotatable bonds is 3. The number of ether oxygens (including phenoxy) is 1. The summed E-state index contributed by atoms with van der Waals surface area (Å²) >= 11 is 0. The van der Waals surface area contributed by atoms with E-state index < -0.39 is 0 Å². The molecule has 1 fully saturated rings. The van der Waals surface area contributed by atoms with Crippen molar-refractivity contribution in [1.29, 1.82) is 0 Å².